The van der Waals surface area contributed by atoms with Crippen LogP contribution in [0.2, 0.25) is 0 Å². The first-order valence-corrected chi connectivity index (χ1v) is 11.7. The summed E-state index contributed by atoms with van der Waals surface area (Å²) in [5, 5.41) is 10.2. The average Bonchev–Trinajstić information content (AvgIpc) is 3.57. The Labute approximate surface area is 197 Å². The number of benzene rings is 1. The minimum absolute atomic E-state index is 0.114. The number of pyridine rings is 1. The van der Waals surface area contributed by atoms with Crippen molar-refractivity contribution in [3.05, 3.63) is 72.1 Å². The molecular weight excluding hydrogens is 432 g/mol. The van der Waals surface area contributed by atoms with Gasteiger partial charge in [-0.25, -0.2) is 9.78 Å². The number of carbonyl (C=O) groups is 2. The molecule has 3 atom stereocenters. The fraction of sp³-hybridized carbons (Fsp3) is 0.346. The zero-order valence-corrected chi connectivity index (χ0v) is 18.7. The van der Waals surface area contributed by atoms with Gasteiger partial charge in [-0.1, -0.05) is 30.4 Å². The summed E-state index contributed by atoms with van der Waals surface area (Å²) in [5.41, 5.74) is 2.05. The minimum atomic E-state index is -0.969. The first-order chi connectivity index (χ1) is 16.6. The normalized spacial score (nSPS) is 24.3. The van der Waals surface area contributed by atoms with Crippen molar-refractivity contribution < 1.29 is 19.1 Å². The van der Waals surface area contributed by atoms with E-state index in [9.17, 15) is 9.59 Å². The maximum absolute atomic E-state index is 13.4. The highest BCUT2D eigenvalue weighted by molar-refractivity contribution is 5.87. The summed E-state index contributed by atoms with van der Waals surface area (Å²) in [6, 6.07) is 11.9. The van der Waals surface area contributed by atoms with E-state index >= 15 is 0 Å². The summed E-state index contributed by atoms with van der Waals surface area (Å²) < 4.78 is 5.72. The number of hydrogen-bond acceptors (Lipinski definition) is 6. The molecule has 3 aliphatic rings. The van der Waals surface area contributed by atoms with E-state index in [1.165, 1.54) is 6.20 Å². The maximum atomic E-state index is 13.4. The number of hydrogen-bond donors (Lipinski definition) is 1. The highest BCUT2D eigenvalue weighted by atomic mass is 16.4. The van der Waals surface area contributed by atoms with Crippen LogP contribution in [-0.4, -0.2) is 70.0 Å². The van der Waals surface area contributed by atoms with Gasteiger partial charge in [0.1, 0.15) is 11.4 Å². The standard InChI is InChI=1S/C26H26N4O4/c31-24(29-11-2-5-22(29)21-4-1-3-17-10-12-34-25(17)21)16-28-14-19-7-8-20(15-28)30(19)23-9-6-18(13-27-23)26(32)33/h1-6,9-10,12-13,19-20,22H,7-8,11,14-16H2,(H,32,33). The molecule has 8 heteroatoms. The number of anilines is 1. The number of aromatic carboxylic acids is 1. The molecule has 3 aliphatic heterocycles. The molecule has 0 aliphatic carbocycles. The average molecular weight is 459 g/mol. The lowest BCUT2D eigenvalue weighted by Crippen LogP contribution is -2.56. The Morgan fingerprint density at radius 2 is 1.91 bits per heavy atom. The van der Waals surface area contributed by atoms with Crippen LogP contribution in [0.4, 0.5) is 5.82 Å². The zero-order valence-electron chi connectivity index (χ0n) is 18.7. The SMILES string of the molecule is O=C(O)c1ccc(N2C3CCC2CN(CC(=O)N2CC=CC2c2cccc4ccoc24)C3)nc1. The highest BCUT2D eigenvalue weighted by Crippen LogP contribution is 2.35. The van der Waals surface area contributed by atoms with Crippen LogP contribution < -0.4 is 4.90 Å². The van der Waals surface area contributed by atoms with Crippen LogP contribution in [-0.2, 0) is 4.79 Å². The molecule has 0 saturated carbocycles. The molecule has 3 unspecified atom stereocenters. The predicted octanol–water partition coefficient (Wildman–Crippen LogP) is 3.32. The lowest BCUT2D eigenvalue weighted by atomic mass is 10.0. The van der Waals surface area contributed by atoms with E-state index in [1.807, 2.05) is 29.2 Å². The number of amides is 1. The number of furan rings is 1. The third-order valence-electron chi connectivity index (χ3n) is 7.28. The van der Waals surface area contributed by atoms with E-state index < -0.39 is 5.97 Å². The Morgan fingerprint density at radius 1 is 1.09 bits per heavy atom. The van der Waals surface area contributed by atoms with Crippen molar-refractivity contribution in [1.82, 2.24) is 14.8 Å². The number of fused-ring (bicyclic) bond motifs is 3. The summed E-state index contributed by atoms with van der Waals surface area (Å²) in [6.07, 6.45) is 9.35. The molecular formula is C26H26N4O4. The summed E-state index contributed by atoms with van der Waals surface area (Å²) in [6.45, 7) is 2.58. The number of piperazine rings is 1. The molecule has 1 N–H and O–H groups in total. The van der Waals surface area contributed by atoms with Crippen LogP contribution >= 0.6 is 0 Å². The summed E-state index contributed by atoms with van der Waals surface area (Å²) in [5.74, 6) is -0.0301. The molecule has 2 saturated heterocycles. The molecule has 0 radical (unpaired) electrons. The van der Waals surface area contributed by atoms with Gasteiger partial charge in [0.2, 0.25) is 5.91 Å². The largest absolute Gasteiger partial charge is 0.478 e. The molecule has 34 heavy (non-hydrogen) atoms. The molecule has 3 aromatic rings. The molecule has 1 aromatic carbocycles. The molecule has 6 rings (SSSR count). The fourth-order valence-corrected chi connectivity index (χ4v) is 5.74. The molecule has 174 valence electrons. The molecule has 2 bridgehead atoms. The molecule has 2 fully saturated rings. The van der Waals surface area contributed by atoms with E-state index in [1.54, 1.807) is 18.4 Å². The van der Waals surface area contributed by atoms with Crippen molar-refractivity contribution >= 4 is 28.7 Å². The van der Waals surface area contributed by atoms with E-state index in [4.69, 9.17) is 9.52 Å². The third kappa shape index (κ3) is 3.54. The molecule has 5 heterocycles. The maximum Gasteiger partial charge on any atom is 0.337 e. The van der Waals surface area contributed by atoms with Gasteiger partial charge in [0.15, 0.2) is 0 Å². The molecule has 8 nitrogen and oxygen atoms in total. The predicted molar refractivity (Wildman–Crippen MR) is 127 cm³/mol. The summed E-state index contributed by atoms with van der Waals surface area (Å²) in [4.78, 5) is 35.4. The Hall–Kier alpha value is -3.65. The quantitative estimate of drug-likeness (QED) is 0.587. The van der Waals surface area contributed by atoms with Crippen molar-refractivity contribution in [2.24, 2.45) is 0 Å². The topological polar surface area (TPSA) is 90.1 Å². The van der Waals surface area contributed by atoms with Crippen LogP contribution in [0.3, 0.4) is 0 Å². The lowest BCUT2D eigenvalue weighted by Gasteiger charge is -2.42. The Kier molecular flexibility index (Phi) is 5.10. The number of carbonyl (C=O) groups excluding carboxylic acids is 1. The second-order valence-electron chi connectivity index (χ2n) is 9.30. The van der Waals surface area contributed by atoms with Crippen LogP contribution in [0.5, 0.6) is 0 Å². The van der Waals surface area contributed by atoms with Gasteiger partial charge in [-0.15, -0.1) is 0 Å². The van der Waals surface area contributed by atoms with Gasteiger partial charge in [0.05, 0.1) is 24.4 Å². The highest BCUT2D eigenvalue weighted by Gasteiger charge is 2.41. The first kappa shape index (κ1) is 20.9. The number of nitrogens with zero attached hydrogens (tertiary/aromatic N) is 4. The monoisotopic (exact) mass is 458 g/mol. The fourth-order valence-electron chi connectivity index (χ4n) is 5.74. The van der Waals surface area contributed by atoms with Crippen molar-refractivity contribution in [1.29, 1.82) is 0 Å². The Bertz CT molecular complexity index is 1250. The van der Waals surface area contributed by atoms with Gasteiger partial charge in [-0.2, -0.15) is 0 Å². The molecule has 0 spiro atoms. The van der Waals surface area contributed by atoms with E-state index in [2.05, 4.69) is 26.9 Å². The molecule has 2 aromatic heterocycles. The van der Waals surface area contributed by atoms with Crippen LogP contribution in [0.1, 0.15) is 34.8 Å². The Balaban J connectivity index is 1.14. The Morgan fingerprint density at radius 3 is 2.65 bits per heavy atom. The van der Waals surface area contributed by atoms with Crippen LogP contribution in [0.15, 0.2) is 65.4 Å². The number of para-hydroxylation sites is 1. The van der Waals surface area contributed by atoms with Gasteiger partial charge in [0.25, 0.3) is 0 Å². The van der Waals surface area contributed by atoms with Crippen LogP contribution in [0, 0.1) is 0 Å². The van der Waals surface area contributed by atoms with Gasteiger partial charge in [-0.05, 0) is 31.0 Å². The van der Waals surface area contributed by atoms with Crippen molar-refractivity contribution in [3.8, 4) is 0 Å². The molecule has 1 amide bonds. The van der Waals surface area contributed by atoms with Crippen molar-refractivity contribution in [3.63, 3.8) is 0 Å². The van der Waals surface area contributed by atoms with E-state index in [-0.39, 0.29) is 29.6 Å². The van der Waals surface area contributed by atoms with Crippen molar-refractivity contribution in [2.45, 2.75) is 31.0 Å². The van der Waals surface area contributed by atoms with Gasteiger partial charge in [-0.3, -0.25) is 9.69 Å². The number of carboxylic acids is 1. The number of aromatic nitrogens is 1. The third-order valence-corrected chi connectivity index (χ3v) is 7.28. The van der Waals surface area contributed by atoms with E-state index in [0.29, 0.717) is 13.1 Å². The summed E-state index contributed by atoms with van der Waals surface area (Å²) >= 11 is 0. The minimum Gasteiger partial charge on any atom is -0.478 e. The van der Waals surface area contributed by atoms with Crippen molar-refractivity contribution in [2.75, 3.05) is 31.1 Å². The van der Waals surface area contributed by atoms with Gasteiger partial charge >= 0.3 is 5.97 Å². The van der Waals surface area contributed by atoms with Gasteiger partial charge in [0, 0.05) is 48.9 Å². The summed E-state index contributed by atoms with van der Waals surface area (Å²) in [7, 11) is 0. The number of carboxylic acid groups (broad SMARTS) is 1. The van der Waals surface area contributed by atoms with E-state index in [0.717, 1.165) is 48.3 Å². The zero-order chi connectivity index (χ0) is 23.2. The number of rotatable bonds is 5. The second-order valence-corrected chi connectivity index (χ2v) is 9.30. The number of likely N-dealkylation sites (tertiary alicyclic amines) is 1. The first-order valence-electron chi connectivity index (χ1n) is 11.7. The van der Waals surface area contributed by atoms with Gasteiger partial charge < -0.3 is 19.3 Å². The van der Waals surface area contributed by atoms with Crippen LogP contribution in [0.25, 0.3) is 11.0 Å². The lowest BCUT2D eigenvalue weighted by molar-refractivity contribution is -0.133. The second kappa shape index (κ2) is 8.29. The smallest absolute Gasteiger partial charge is 0.337 e.